The molecule has 2 amide bonds. The van der Waals surface area contributed by atoms with Crippen LogP contribution in [0.15, 0.2) is 77.7 Å². The number of hydrogen-bond donors (Lipinski definition) is 1. The highest BCUT2D eigenvalue weighted by Gasteiger charge is 2.34. The van der Waals surface area contributed by atoms with Gasteiger partial charge in [0.05, 0.1) is 10.6 Å². The van der Waals surface area contributed by atoms with Crippen molar-refractivity contribution in [3.8, 4) is 0 Å². The molecule has 7 nitrogen and oxygen atoms in total. The molecule has 10 heteroatoms. The summed E-state index contributed by atoms with van der Waals surface area (Å²) < 4.78 is 28.9. The second kappa shape index (κ2) is 14.2. The van der Waals surface area contributed by atoms with Crippen LogP contribution < -0.4 is 9.62 Å². The Labute approximate surface area is 253 Å². The minimum atomic E-state index is -4.14. The molecular formula is C31H37Cl2N3O4S. The molecule has 0 heterocycles. The smallest absolute Gasteiger partial charge is 0.264 e. The summed E-state index contributed by atoms with van der Waals surface area (Å²) >= 11 is 12.9. The molecule has 3 rings (SSSR count). The van der Waals surface area contributed by atoms with E-state index in [0.717, 1.165) is 9.87 Å². The zero-order chi connectivity index (χ0) is 30.3. The van der Waals surface area contributed by atoms with Gasteiger partial charge in [-0.3, -0.25) is 13.9 Å². The van der Waals surface area contributed by atoms with Crippen LogP contribution in [-0.2, 0) is 26.2 Å². The molecule has 3 aromatic carbocycles. The Morgan fingerprint density at radius 2 is 1.44 bits per heavy atom. The van der Waals surface area contributed by atoms with Crippen molar-refractivity contribution >= 4 is 50.7 Å². The fraction of sp³-hybridized carbons (Fsp3) is 0.355. The maximum Gasteiger partial charge on any atom is 0.264 e. The van der Waals surface area contributed by atoms with E-state index < -0.39 is 28.5 Å². The summed E-state index contributed by atoms with van der Waals surface area (Å²) in [5, 5.41) is 3.55. The molecule has 0 aliphatic heterocycles. The number of rotatable bonds is 12. The van der Waals surface area contributed by atoms with Crippen LogP contribution in [0.3, 0.4) is 0 Å². The van der Waals surface area contributed by atoms with Crippen LogP contribution in [0.5, 0.6) is 0 Å². The first kappa shape index (κ1) is 32.4. The standard InChI is InChI=1S/C31H37Cl2N3O4S/c1-6-29(31(38)34-22(4)5)35(19-26-27(32)13-10-14-28(26)33)30(37)20-36(24-17-15-23(16-18-24)21(2)3)41(39,40)25-11-8-7-9-12-25/h7-18,21-22,29H,6,19-20H2,1-5H3,(H,34,38). The van der Waals surface area contributed by atoms with Gasteiger partial charge in [-0.1, -0.05) is 80.4 Å². The van der Waals surface area contributed by atoms with E-state index >= 15 is 0 Å². The largest absolute Gasteiger partial charge is 0.352 e. The summed E-state index contributed by atoms with van der Waals surface area (Å²) in [5.41, 5.74) is 1.84. The van der Waals surface area contributed by atoms with Crippen LogP contribution in [0, 0.1) is 0 Å². The van der Waals surface area contributed by atoms with E-state index in [1.165, 1.54) is 17.0 Å². The quantitative estimate of drug-likeness (QED) is 0.247. The predicted octanol–water partition coefficient (Wildman–Crippen LogP) is 6.64. The molecule has 0 aliphatic rings. The Morgan fingerprint density at radius 1 is 0.854 bits per heavy atom. The first-order valence-electron chi connectivity index (χ1n) is 13.6. The van der Waals surface area contributed by atoms with E-state index in [0.29, 0.717) is 27.7 Å². The lowest BCUT2D eigenvalue weighted by Crippen LogP contribution is -2.53. The highest BCUT2D eigenvalue weighted by molar-refractivity contribution is 7.92. The summed E-state index contributed by atoms with van der Waals surface area (Å²) in [5.74, 6) is -0.678. The number of nitrogens with one attached hydrogen (secondary N) is 1. The normalized spacial score (nSPS) is 12.3. The Hall–Kier alpha value is -3.07. The third kappa shape index (κ3) is 8.03. The second-order valence-electron chi connectivity index (χ2n) is 10.4. The highest BCUT2D eigenvalue weighted by atomic mass is 35.5. The Balaban J connectivity index is 2.10. The number of hydrogen-bond acceptors (Lipinski definition) is 4. The monoisotopic (exact) mass is 617 g/mol. The van der Waals surface area contributed by atoms with Crippen LogP contribution >= 0.6 is 23.2 Å². The molecule has 0 radical (unpaired) electrons. The zero-order valence-electron chi connectivity index (χ0n) is 24.0. The summed E-state index contributed by atoms with van der Waals surface area (Å²) in [7, 11) is -4.14. The van der Waals surface area contributed by atoms with Crippen molar-refractivity contribution in [3.63, 3.8) is 0 Å². The number of anilines is 1. The molecule has 0 aromatic heterocycles. The summed E-state index contributed by atoms with van der Waals surface area (Å²) in [4.78, 5) is 28.8. The molecule has 0 fully saturated rings. The third-order valence-corrected chi connectivity index (χ3v) is 9.16. The maximum atomic E-state index is 14.2. The van der Waals surface area contributed by atoms with Gasteiger partial charge in [-0.05, 0) is 68.1 Å². The fourth-order valence-electron chi connectivity index (χ4n) is 4.43. The van der Waals surface area contributed by atoms with E-state index in [2.05, 4.69) is 5.32 Å². The average molecular weight is 619 g/mol. The SMILES string of the molecule is CCC(C(=O)NC(C)C)N(Cc1c(Cl)cccc1Cl)C(=O)CN(c1ccc(C(C)C)cc1)S(=O)(=O)c1ccccc1. The number of carbonyl (C=O) groups is 2. The zero-order valence-corrected chi connectivity index (χ0v) is 26.3. The van der Waals surface area contributed by atoms with Crippen molar-refractivity contribution in [2.45, 2.75) is 70.5 Å². The van der Waals surface area contributed by atoms with Gasteiger partial charge >= 0.3 is 0 Å². The molecular weight excluding hydrogens is 581 g/mol. The third-order valence-electron chi connectivity index (χ3n) is 6.66. The lowest BCUT2D eigenvalue weighted by atomic mass is 10.0. The summed E-state index contributed by atoms with van der Waals surface area (Å²) in [6, 6.07) is 19.0. The molecule has 220 valence electrons. The Morgan fingerprint density at radius 3 is 1.95 bits per heavy atom. The van der Waals surface area contributed by atoms with Crippen LogP contribution in [-0.4, -0.2) is 43.8 Å². The van der Waals surface area contributed by atoms with Crippen molar-refractivity contribution < 1.29 is 18.0 Å². The summed E-state index contributed by atoms with van der Waals surface area (Å²) in [6.45, 7) is 8.93. The van der Waals surface area contributed by atoms with E-state index in [1.54, 1.807) is 55.5 Å². The topological polar surface area (TPSA) is 86.8 Å². The van der Waals surface area contributed by atoms with Gasteiger partial charge in [0.2, 0.25) is 11.8 Å². The minimum absolute atomic E-state index is 0.0472. The van der Waals surface area contributed by atoms with Crippen LogP contribution in [0.2, 0.25) is 10.0 Å². The van der Waals surface area contributed by atoms with Gasteiger partial charge in [0.1, 0.15) is 12.6 Å². The van der Waals surface area contributed by atoms with Gasteiger partial charge in [0.25, 0.3) is 10.0 Å². The molecule has 0 spiro atoms. The van der Waals surface area contributed by atoms with Crippen LogP contribution in [0.25, 0.3) is 0 Å². The van der Waals surface area contributed by atoms with E-state index in [-0.39, 0.29) is 29.3 Å². The number of nitrogens with zero attached hydrogens (tertiary/aromatic N) is 2. The van der Waals surface area contributed by atoms with Crippen molar-refractivity contribution in [2.24, 2.45) is 0 Å². The molecule has 41 heavy (non-hydrogen) atoms. The van der Waals surface area contributed by atoms with Crippen LogP contribution in [0.4, 0.5) is 5.69 Å². The molecule has 0 bridgehead atoms. The predicted molar refractivity (Wildman–Crippen MR) is 166 cm³/mol. The van der Waals surface area contributed by atoms with Crippen molar-refractivity contribution in [3.05, 3.63) is 94.0 Å². The van der Waals surface area contributed by atoms with Gasteiger partial charge in [-0.15, -0.1) is 0 Å². The molecule has 0 saturated heterocycles. The first-order valence-corrected chi connectivity index (χ1v) is 15.8. The number of halogens is 2. The van der Waals surface area contributed by atoms with Gasteiger partial charge in [-0.2, -0.15) is 0 Å². The van der Waals surface area contributed by atoms with Crippen molar-refractivity contribution in [1.82, 2.24) is 10.2 Å². The molecule has 1 N–H and O–H groups in total. The van der Waals surface area contributed by atoms with E-state index in [1.807, 2.05) is 39.8 Å². The molecule has 0 aliphatic carbocycles. The molecule has 1 atom stereocenters. The van der Waals surface area contributed by atoms with Gasteiger partial charge in [0.15, 0.2) is 0 Å². The number of amides is 2. The van der Waals surface area contributed by atoms with Crippen molar-refractivity contribution in [1.29, 1.82) is 0 Å². The highest BCUT2D eigenvalue weighted by Crippen LogP contribution is 2.29. The van der Waals surface area contributed by atoms with Gasteiger partial charge < -0.3 is 10.2 Å². The second-order valence-corrected chi connectivity index (χ2v) is 13.1. The Kier molecular flexibility index (Phi) is 11.2. The molecule has 1 unspecified atom stereocenters. The number of sulfonamides is 1. The number of carbonyl (C=O) groups excluding carboxylic acids is 2. The lowest BCUT2D eigenvalue weighted by Gasteiger charge is -2.34. The Bertz CT molecular complexity index is 1430. The van der Waals surface area contributed by atoms with E-state index in [9.17, 15) is 18.0 Å². The fourth-order valence-corrected chi connectivity index (χ4v) is 6.38. The number of benzene rings is 3. The maximum absolute atomic E-state index is 14.2. The van der Waals surface area contributed by atoms with Crippen molar-refractivity contribution in [2.75, 3.05) is 10.8 Å². The molecule has 0 saturated carbocycles. The van der Waals surface area contributed by atoms with Gasteiger partial charge in [0, 0.05) is 28.2 Å². The van der Waals surface area contributed by atoms with Gasteiger partial charge in [-0.25, -0.2) is 8.42 Å². The van der Waals surface area contributed by atoms with E-state index in [4.69, 9.17) is 23.2 Å². The lowest BCUT2D eigenvalue weighted by molar-refractivity contribution is -0.140. The average Bonchev–Trinajstić information content (AvgIpc) is 2.93. The first-order chi connectivity index (χ1) is 19.4. The summed E-state index contributed by atoms with van der Waals surface area (Å²) in [6.07, 6.45) is 0.293. The minimum Gasteiger partial charge on any atom is -0.352 e. The van der Waals surface area contributed by atoms with Crippen LogP contribution in [0.1, 0.15) is 58.1 Å². The molecule has 3 aromatic rings.